The molecule has 0 aromatic carbocycles. The molecule has 3 rings (SSSR count). The van der Waals surface area contributed by atoms with Crippen molar-refractivity contribution in [3.8, 4) is 0 Å². The lowest BCUT2D eigenvalue weighted by atomic mass is 9.65. The van der Waals surface area contributed by atoms with Gasteiger partial charge in [-0.1, -0.05) is 0 Å². The van der Waals surface area contributed by atoms with E-state index in [-0.39, 0.29) is 17.4 Å². The number of amides is 1. The fourth-order valence-corrected chi connectivity index (χ4v) is 4.60. The first kappa shape index (κ1) is 15.6. The van der Waals surface area contributed by atoms with Crippen LogP contribution in [0.5, 0.6) is 0 Å². The highest BCUT2D eigenvalue weighted by Gasteiger charge is 2.50. The molecule has 1 aliphatic heterocycles. The molecular formula is C15H22N2O4S. The van der Waals surface area contributed by atoms with Crippen LogP contribution in [0.25, 0.3) is 0 Å². The Labute approximate surface area is 130 Å². The largest absolute Gasteiger partial charge is 0.466 e. The smallest absolute Gasteiger partial charge is 0.257 e. The number of aryl methyl sites for hydroxylation is 2. The number of nitrogens with one attached hydrogen (secondary N) is 1. The lowest BCUT2D eigenvalue weighted by Gasteiger charge is -2.45. The van der Waals surface area contributed by atoms with Crippen LogP contribution in [0.1, 0.15) is 41.1 Å². The average molecular weight is 326 g/mol. The third-order valence-corrected chi connectivity index (χ3v) is 5.50. The Hall–Kier alpha value is -1.34. The van der Waals surface area contributed by atoms with E-state index in [9.17, 15) is 13.2 Å². The minimum absolute atomic E-state index is 0.0166. The Morgan fingerprint density at radius 2 is 2.09 bits per heavy atom. The van der Waals surface area contributed by atoms with Gasteiger partial charge in [0, 0.05) is 19.1 Å². The topological polar surface area (TPSA) is 79.6 Å². The van der Waals surface area contributed by atoms with Crippen LogP contribution < -0.4 is 4.72 Å². The normalized spacial score (nSPS) is 28.1. The molecule has 0 atom stereocenters. The maximum absolute atomic E-state index is 12.6. The van der Waals surface area contributed by atoms with Gasteiger partial charge < -0.3 is 9.32 Å². The van der Waals surface area contributed by atoms with Crippen LogP contribution in [0, 0.1) is 19.3 Å². The Bertz CT molecular complexity index is 701. The van der Waals surface area contributed by atoms with E-state index in [1.165, 1.54) is 6.26 Å². The number of sulfonamides is 1. The van der Waals surface area contributed by atoms with Gasteiger partial charge in [-0.25, -0.2) is 13.1 Å². The van der Waals surface area contributed by atoms with Gasteiger partial charge in [-0.05, 0) is 44.6 Å². The second kappa shape index (κ2) is 5.09. The van der Waals surface area contributed by atoms with Crippen LogP contribution in [-0.2, 0) is 10.0 Å². The third-order valence-electron chi connectivity index (χ3n) is 4.74. The molecule has 1 saturated heterocycles. The van der Waals surface area contributed by atoms with Crippen LogP contribution in [-0.4, -0.2) is 44.6 Å². The van der Waals surface area contributed by atoms with Gasteiger partial charge in [0.1, 0.15) is 11.5 Å². The van der Waals surface area contributed by atoms with Crippen molar-refractivity contribution in [1.82, 2.24) is 9.62 Å². The van der Waals surface area contributed by atoms with Crippen LogP contribution in [0.15, 0.2) is 10.5 Å². The van der Waals surface area contributed by atoms with Gasteiger partial charge in [0.25, 0.3) is 5.91 Å². The molecule has 0 unspecified atom stereocenters. The van der Waals surface area contributed by atoms with E-state index in [0.29, 0.717) is 17.9 Å². The fourth-order valence-electron chi connectivity index (χ4n) is 3.83. The number of furan rings is 1. The molecule has 1 N–H and O–H groups in total. The second-order valence-electron chi connectivity index (χ2n) is 6.80. The maximum atomic E-state index is 12.6. The summed E-state index contributed by atoms with van der Waals surface area (Å²) in [6.45, 7) is 5.08. The molecule has 1 aliphatic carbocycles. The summed E-state index contributed by atoms with van der Waals surface area (Å²) in [7, 11) is -3.15. The van der Waals surface area contributed by atoms with Gasteiger partial charge in [0.05, 0.1) is 11.8 Å². The molecule has 0 bridgehead atoms. The quantitative estimate of drug-likeness (QED) is 0.911. The predicted octanol–water partition coefficient (Wildman–Crippen LogP) is 1.44. The first-order valence-corrected chi connectivity index (χ1v) is 9.40. The lowest BCUT2D eigenvalue weighted by Crippen LogP contribution is -2.51. The molecule has 2 aliphatic rings. The van der Waals surface area contributed by atoms with Gasteiger partial charge >= 0.3 is 0 Å². The summed E-state index contributed by atoms with van der Waals surface area (Å²) in [4.78, 5) is 14.4. The number of carbonyl (C=O) groups is 1. The highest BCUT2D eigenvalue weighted by atomic mass is 32.2. The van der Waals surface area contributed by atoms with E-state index < -0.39 is 10.0 Å². The standard InChI is InChI=1S/C15H22N2O4S/c1-10-6-13(11(2)21-10)14(18)17-5-4-15(9-17)7-12(8-15)16-22(3,19)20/h6,12,16H,4-5,7-9H2,1-3H3. The van der Waals surface area contributed by atoms with Crippen molar-refractivity contribution >= 4 is 15.9 Å². The van der Waals surface area contributed by atoms with E-state index in [0.717, 1.165) is 31.6 Å². The Balaban J connectivity index is 1.62. The summed E-state index contributed by atoms with van der Waals surface area (Å²) < 4.78 is 30.6. The predicted molar refractivity (Wildman–Crippen MR) is 82.1 cm³/mol. The van der Waals surface area contributed by atoms with Crippen molar-refractivity contribution in [2.75, 3.05) is 19.3 Å². The molecule has 2 heterocycles. The van der Waals surface area contributed by atoms with Crippen molar-refractivity contribution in [3.63, 3.8) is 0 Å². The van der Waals surface area contributed by atoms with E-state index in [2.05, 4.69) is 4.72 Å². The van der Waals surface area contributed by atoms with E-state index >= 15 is 0 Å². The molecular weight excluding hydrogens is 304 g/mol. The third kappa shape index (κ3) is 2.92. The van der Waals surface area contributed by atoms with Crippen molar-refractivity contribution in [3.05, 3.63) is 23.2 Å². The highest BCUT2D eigenvalue weighted by Crippen LogP contribution is 2.48. The SMILES string of the molecule is Cc1cc(C(=O)N2CCC3(CC(NS(C)(=O)=O)C3)C2)c(C)o1. The number of rotatable bonds is 3. The number of carbonyl (C=O) groups excluding carboxylic acids is 1. The van der Waals surface area contributed by atoms with Gasteiger partial charge in [-0.2, -0.15) is 0 Å². The zero-order chi connectivity index (χ0) is 16.1. The number of nitrogens with zero attached hydrogens (tertiary/aromatic N) is 1. The Morgan fingerprint density at radius 1 is 1.41 bits per heavy atom. The summed E-state index contributed by atoms with van der Waals surface area (Å²) in [6.07, 6.45) is 3.75. The van der Waals surface area contributed by atoms with Crippen LogP contribution in [0.2, 0.25) is 0 Å². The summed E-state index contributed by atoms with van der Waals surface area (Å²) in [5.41, 5.74) is 0.727. The molecule has 6 nitrogen and oxygen atoms in total. The van der Waals surface area contributed by atoms with Crippen molar-refractivity contribution in [2.45, 2.75) is 39.2 Å². The van der Waals surface area contributed by atoms with Gasteiger partial charge in [-0.3, -0.25) is 4.79 Å². The molecule has 1 aromatic rings. The Kier molecular flexibility index (Phi) is 3.60. The first-order valence-electron chi connectivity index (χ1n) is 7.51. The molecule has 7 heteroatoms. The molecule has 0 radical (unpaired) electrons. The monoisotopic (exact) mass is 326 g/mol. The molecule has 22 heavy (non-hydrogen) atoms. The van der Waals surface area contributed by atoms with Gasteiger partial charge in [0.15, 0.2) is 0 Å². The maximum Gasteiger partial charge on any atom is 0.257 e. The van der Waals surface area contributed by atoms with E-state index in [4.69, 9.17) is 4.42 Å². The molecule has 122 valence electrons. The second-order valence-corrected chi connectivity index (χ2v) is 8.58. The lowest BCUT2D eigenvalue weighted by molar-refractivity contribution is 0.0686. The molecule has 1 aromatic heterocycles. The van der Waals surface area contributed by atoms with E-state index in [1.54, 1.807) is 6.07 Å². The van der Waals surface area contributed by atoms with Crippen molar-refractivity contribution in [2.24, 2.45) is 5.41 Å². The number of hydrogen-bond donors (Lipinski definition) is 1. The minimum Gasteiger partial charge on any atom is -0.466 e. The number of hydrogen-bond acceptors (Lipinski definition) is 4. The minimum atomic E-state index is -3.15. The van der Waals surface area contributed by atoms with Crippen LogP contribution in [0.3, 0.4) is 0 Å². The first-order chi connectivity index (χ1) is 10.2. The average Bonchev–Trinajstić information content (AvgIpc) is 2.90. The molecule has 1 saturated carbocycles. The Morgan fingerprint density at radius 3 is 2.64 bits per heavy atom. The summed E-state index contributed by atoms with van der Waals surface area (Å²) in [6, 6.07) is 1.81. The van der Waals surface area contributed by atoms with Crippen molar-refractivity contribution in [1.29, 1.82) is 0 Å². The zero-order valence-electron chi connectivity index (χ0n) is 13.2. The molecule has 1 spiro atoms. The van der Waals surface area contributed by atoms with Crippen LogP contribution in [0.4, 0.5) is 0 Å². The number of likely N-dealkylation sites (tertiary alicyclic amines) is 1. The molecule has 2 fully saturated rings. The van der Waals surface area contributed by atoms with Gasteiger partial charge in [0.2, 0.25) is 10.0 Å². The fraction of sp³-hybridized carbons (Fsp3) is 0.667. The van der Waals surface area contributed by atoms with Crippen molar-refractivity contribution < 1.29 is 17.6 Å². The van der Waals surface area contributed by atoms with Gasteiger partial charge in [-0.15, -0.1) is 0 Å². The van der Waals surface area contributed by atoms with E-state index in [1.807, 2.05) is 18.7 Å². The molecule has 1 amide bonds. The highest BCUT2D eigenvalue weighted by molar-refractivity contribution is 7.88. The summed E-state index contributed by atoms with van der Waals surface area (Å²) in [5.74, 6) is 1.43. The zero-order valence-corrected chi connectivity index (χ0v) is 14.0. The summed E-state index contributed by atoms with van der Waals surface area (Å²) in [5, 5.41) is 0. The van der Waals surface area contributed by atoms with Crippen LogP contribution >= 0.6 is 0 Å². The summed E-state index contributed by atoms with van der Waals surface area (Å²) >= 11 is 0.